The summed E-state index contributed by atoms with van der Waals surface area (Å²) in [5.74, 6) is 1.13. The summed E-state index contributed by atoms with van der Waals surface area (Å²) < 4.78 is 32.8. The van der Waals surface area contributed by atoms with Gasteiger partial charge in [0.2, 0.25) is 15.9 Å². The minimum atomic E-state index is -3.52. The number of carbonyl (C=O) groups is 1. The second-order valence-electron chi connectivity index (χ2n) is 7.92. The Labute approximate surface area is 188 Å². The molecule has 1 fully saturated rings. The van der Waals surface area contributed by atoms with Gasteiger partial charge in [-0.05, 0) is 68.3 Å². The topological polar surface area (TPSA) is 75.7 Å². The van der Waals surface area contributed by atoms with E-state index in [0.29, 0.717) is 37.4 Å². The molecule has 3 aromatic carbocycles. The maximum Gasteiger partial charge on any atom is 0.243 e. The van der Waals surface area contributed by atoms with E-state index in [1.54, 1.807) is 42.5 Å². The highest BCUT2D eigenvalue weighted by Gasteiger charge is 2.32. The summed E-state index contributed by atoms with van der Waals surface area (Å²) in [6, 6.07) is 23.4. The smallest absolute Gasteiger partial charge is 0.243 e. The highest BCUT2D eigenvalue weighted by atomic mass is 32.2. The number of benzene rings is 3. The minimum absolute atomic E-state index is 0.0889. The van der Waals surface area contributed by atoms with Crippen molar-refractivity contribution in [3.05, 3.63) is 84.4 Å². The van der Waals surface area contributed by atoms with Crippen LogP contribution in [-0.4, -0.2) is 31.7 Å². The van der Waals surface area contributed by atoms with E-state index in [2.05, 4.69) is 5.32 Å². The Morgan fingerprint density at radius 3 is 2.03 bits per heavy atom. The second-order valence-corrected chi connectivity index (χ2v) is 9.86. The molecule has 32 heavy (non-hydrogen) atoms. The van der Waals surface area contributed by atoms with Crippen molar-refractivity contribution in [2.24, 2.45) is 5.92 Å². The lowest BCUT2D eigenvalue weighted by atomic mass is 9.97. The first kappa shape index (κ1) is 22.0. The Bertz CT molecular complexity index is 1150. The van der Waals surface area contributed by atoms with Crippen LogP contribution < -0.4 is 10.1 Å². The van der Waals surface area contributed by atoms with Crippen molar-refractivity contribution < 1.29 is 17.9 Å². The van der Waals surface area contributed by atoms with Gasteiger partial charge in [0.15, 0.2) is 0 Å². The number of aryl methyl sites for hydroxylation is 1. The van der Waals surface area contributed by atoms with Crippen molar-refractivity contribution in [3.8, 4) is 11.5 Å². The molecule has 1 saturated heterocycles. The molecule has 1 aliphatic heterocycles. The third kappa shape index (κ3) is 5.18. The lowest BCUT2D eigenvalue weighted by molar-refractivity contribution is -0.120. The fourth-order valence-corrected chi connectivity index (χ4v) is 5.18. The minimum Gasteiger partial charge on any atom is -0.457 e. The van der Waals surface area contributed by atoms with Crippen LogP contribution >= 0.6 is 0 Å². The molecule has 0 aromatic heterocycles. The maximum absolute atomic E-state index is 12.7. The number of carbonyl (C=O) groups excluding carboxylic acids is 1. The number of hydrogen-bond acceptors (Lipinski definition) is 4. The standard InChI is InChI=1S/C25H26N2O4S/c1-19-7-11-22(12-8-19)31-23-13-9-21(10-14-23)26-25(28)20-15-17-27(18-16-20)32(29,30)24-5-3-2-4-6-24/h2-14,20H,15-18H2,1H3,(H,26,28). The first-order valence-electron chi connectivity index (χ1n) is 10.6. The molecular weight excluding hydrogens is 424 g/mol. The zero-order valence-electron chi connectivity index (χ0n) is 17.9. The molecule has 4 rings (SSSR count). The van der Waals surface area contributed by atoms with Crippen molar-refractivity contribution in [3.63, 3.8) is 0 Å². The van der Waals surface area contributed by atoms with E-state index in [4.69, 9.17) is 4.74 Å². The molecule has 0 spiro atoms. The van der Waals surface area contributed by atoms with E-state index < -0.39 is 10.0 Å². The van der Waals surface area contributed by atoms with Crippen LogP contribution in [0, 0.1) is 12.8 Å². The normalized spacial score (nSPS) is 15.3. The van der Waals surface area contributed by atoms with Crippen LogP contribution in [0.3, 0.4) is 0 Å². The molecule has 0 atom stereocenters. The monoisotopic (exact) mass is 450 g/mol. The zero-order chi connectivity index (χ0) is 22.6. The molecule has 0 unspecified atom stereocenters. The fourth-order valence-electron chi connectivity index (χ4n) is 3.69. The van der Waals surface area contributed by atoms with Gasteiger partial charge >= 0.3 is 0 Å². The molecule has 1 heterocycles. The molecular formula is C25H26N2O4S. The number of amides is 1. The Hall–Kier alpha value is -3.16. The summed E-state index contributed by atoms with van der Waals surface area (Å²) >= 11 is 0. The van der Waals surface area contributed by atoms with Crippen LogP contribution in [0.25, 0.3) is 0 Å². The third-order valence-corrected chi connectivity index (χ3v) is 7.50. The van der Waals surface area contributed by atoms with Crippen molar-refractivity contribution >= 4 is 21.6 Å². The number of ether oxygens (including phenoxy) is 1. The molecule has 0 saturated carbocycles. The van der Waals surface area contributed by atoms with Crippen molar-refractivity contribution in [1.82, 2.24) is 4.31 Å². The van der Waals surface area contributed by atoms with Crippen molar-refractivity contribution in [1.29, 1.82) is 0 Å². The first-order chi connectivity index (χ1) is 15.4. The summed E-state index contributed by atoms with van der Waals surface area (Å²) in [7, 11) is -3.52. The van der Waals surface area contributed by atoms with E-state index in [9.17, 15) is 13.2 Å². The number of rotatable bonds is 6. The van der Waals surface area contributed by atoms with E-state index >= 15 is 0 Å². The number of nitrogens with zero attached hydrogens (tertiary/aromatic N) is 1. The Kier molecular flexibility index (Phi) is 6.58. The Morgan fingerprint density at radius 2 is 1.44 bits per heavy atom. The van der Waals surface area contributed by atoms with E-state index in [1.165, 1.54) is 9.87 Å². The summed E-state index contributed by atoms with van der Waals surface area (Å²) in [6.45, 7) is 2.69. The lowest BCUT2D eigenvalue weighted by Crippen LogP contribution is -2.41. The van der Waals surface area contributed by atoms with E-state index in [1.807, 2.05) is 43.3 Å². The third-order valence-electron chi connectivity index (χ3n) is 5.58. The van der Waals surface area contributed by atoms with Gasteiger partial charge in [0, 0.05) is 24.7 Å². The molecule has 1 aliphatic rings. The number of sulfonamides is 1. The summed E-state index contributed by atoms with van der Waals surface area (Å²) in [5.41, 5.74) is 1.85. The molecule has 0 radical (unpaired) electrons. The van der Waals surface area contributed by atoms with E-state index in [0.717, 1.165) is 5.75 Å². The van der Waals surface area contributed by atoms with Gasteiger partial charge < -0.3 is 10.1 Å². The SMILES string of the molecule is Cc1ccc(Oc2ccc(NC(=O)C3CCN(S(=O)(=O)c4ccccc4)CC3)cc2)cc1. The number of piperidine rings is 1. The molecule has 0 bridgehead atoms. The molecule has 1 amide bonds. The van der Waals surface area contributed by atoms with Gasteiger partial charge in [-0.25, -0.2) is 8.42 Å². The van der Waals surface area contributed by atoms with E-state index in [-0.39, 0.29) is 16.7 Å². The van der Waals surface area contributed by atoms with Gasteiger partial charge in [0.05, 0.1) is 4.90 Å². The van der Waals surface area contributed by atoms with Crippen molar-refractivity contribution in [2.45, 2.75) is 24.7 Å². The van der Waals surface area contributed by atoms with Gasteiger partial charge in [-0.2, -0.15) is 4.31 Å². The molecule has 1 N–H and O–H groups in total. The molecule has 0 aliphatic carbocycles. The second kappa shape index (κ2) is 9.54. The van der Waals surface area contributed by atoms with Gasteiger partial charge in [0.1, 0.15) is 11.5 Å². The predicted molar refractivity (Wildman–Crippen MR) is 124 cm³/mol. The quantitative estimate of drug-likeness (QED) is 0.584. The summed E-state index contributed by atoms with van der Waals surface area (Å²) in [4.78, 5) is 13.0. The number of hydrogen-bond donors (Lipinski definition) is 1. The Balaban J connectivity index is 1.31. The average molecular weight is 451 g/mol. The van der Waals surface area contributed by atoms with Gasteiger partial charge in [-0.15, -0.1) is 0 Å². The number of anilines is 1. The first-order valence-corrected chi connectivity index (χ1v) is 12.1. The highest BCUT2D eigenvalue weighted by Crippen LogP contribution is 2.26. The predicted octanol–water partition coefficient (Wildman–Crippen LogP) is 4.83. The summed E-state index contributed by atoms with van der Waals surface area (Å²) in [6.07, 6.45) is 0.985. The summed E-state index contributed by atoms with van der Waals surface area (Å²) in [5, 5.41) is 2.93. The molecule has 3 aromatic rings. The van der Waals surface area contributed by atoms with Gasteiger partial charge in [-0.3, -0.25) is 4.79 Å². The van der Waals surface area contributed by atoms with Gasteiger partial charge in [0.25, 0.3) is 0 Å². The van der Waals surface area contributed by atoms with Crippen LogP contribution in [0.1, 0.15) is 18.4 Å². The molecule has 7 heteroatoms. The highest BCUT2D eigenvalue weighted by molar-refractivity contribution is 7.89. The molecule has 6 nitrogen and oxygen atoms in total. The fraction of sp³-hybridized carbons (Fsp3) is 0.240. The number of nitrogens with one attached hydrogen (secondary N) is 1. The zero-order valence-corrected chi connectivity index (χ0v) is 18.7. The average Bonchev–Trinajstić information content (AvgIpc) is 2.82. The van der Waals surface area contributed by atoms with Gasteiger partial charge in [-0.1, -0.05) is 35.9 Å². The molecule has 166 valence electrons. The van der Waals surface area contributed by atoms with Crippen LogP contribution in [0.5, 0.6) is 11.5 Å². The Morgan fingerprint density at radius 1 is 0.875 bits per heavy atom. The van der Waals surface area contributed by atoms with Crippen LogP contribution in [0.2, 0.25) is 0 Å². The van der Waals surface area contributed by atoms with Crippen molar-refractivity contribution in [2.75, 3.05) is 18.4 Å². The van der Waals surface area contributed by atoms with Crippen LogP contribution in [-0.2, 0) is 14.8 Å². The van der Waals surface area contributed by atoms with Crippen LogP contribution in [0.4, 0.5) is 5.69 Å². The maximum atomic E-state index is 12.7. The van der Waals surface area contributed by atoms with Crippen LogP contribution in [0.15, 0.2) is 83.8 Å². The largest absolute Gasteiger partial charge is 0.457 e. The lowest BCUT2D eigenvalue weighted by Gasteiger charge is -2.30.